The van der Waals surface area contributed by atoms with E-state index in [9.17, 15) is 4.79 Å². The fourth-order valence-electron chi connectivity index (χ4n) is 3.70. The number of hydrogen-bond donors (Lipinski definition) is 2. The summed E-state index contributed by atoms with van der Waals surface area (Å²) in [4.78, 5) is 14.8. The Balaban J connectivity index is 1.88. The fourth-order valence-corrected chi connectivity index (χ4v) is 3.70. The molecule has 2 aliphatic heterocycles. The molecule has 19 heavy (non-hydrogen) atoms. The van der Waals surface area contributed by atoms with Gasteiger partial charge in [-0.1, -0.05) is 0 Å². The topological polar surface area (TPSA) is 44.4 Å². The molecule has 0 aromatic heterocycles. The van der Waals surface area contributed by atoms with Crippen molar-refractivity contribution in [1.82, 2.24) is 15.5 Å². The third kappa shape index (κ3) is 3.48. The van der Waals surface area contributed by atoms with Crippen molar-refractivity contribution in [3.8, 4) is 0 Å². The molecule has 0 saturated carbocycles. The van der Waals surface area contributed by atoms with E-state index in [1.165, 1.54) is 12.8 Å². The van der Waals surface area contributed by atoms with Crippen LogP contribution in [-0.2, 0) is 4.79 Å². The van der Waals surface area contributed by atoms with Crippen LogP contribution in [0.5, 0.6) is 0 Å². The van der Waals surface area contributed by atoms with E-state index in [0.717, 1.165) is 19.4 Å². The molecule has 4 nitrogen and oxygen atoms in total. The third-order valence-electron chi connectivity index (χ3n) is 4.82. The number of piperidine rings is 1. The second kappa shape index (κ2) is 6.23. The zero-order valence-corrected chi connectivity index (χ0v) is 12.8. The highest BCUT2D eigenvalue weighted by molar-refractivity contribution is 5.81. The molecule has 4 heteroatoms. The normalized spacial score (nSPS) is 38.1. The van der Waals surface area contributed by atoms with Crippen molar-refractivity contribution >= 4 is 5.91 Å². The maximum absolute atomic E-state index is 12.4. The molecule has 0 aliphatic carbocycles. The average molecular weight is 267 g/mol. The van der Waals surface area contributed by atoms with Crippen LogP contribution in [0.15, 0.2) is 0 Å². The Morgan fingerprint density at radius 2 is 1.84 bits per heavy atom. The summed E-state index contributed by atoms with van der Waals surface area (Å²) in [7, 11) is 0. The van der Waals surface area contributed by atoms with Crippen LogP contribution in [0, 0.1) is 0 Å². The van der Waals surface area contributed by atoms with Crippen molar-refractivity contribution in [2.45, 2.75) is 83.6 Å². The van der Waals surface area contributed by atoms with Crippen LogP contribution in [0.4, 0.5) is 0 Å². The average Bonchev–Trinajstić information content (AvgIpc) is 2.68. The van der Waals surface area contributed by atoms with Crippen molar-refractivity contribution in [1.29, 1.82) is 0 Å². The van der Waals surface area contributed by atoms with Gasteiger partial charge in [-0.2, -0.15) is 0 Å². The smallest absolute Gasteiger partial charge is 0.237 e. The highest BCUT2D eigenvalue weighted by Gasteiger charge is 2.35. The van der Waals surface area contributed by atoms with Crippen LogP contribution in [0.2, 0.25) is 0 Å². The standard InChI is InChI=1S/C15H29N3O/c1-10-9-14(7-8-16-10)17-15(19)13(4)18-11(2)5-6-12(18)3/h10-14,16H,5-9H2,1-4H3,(H,17,19). The summed E-state index contributed by atoms with van der Waals surface area (Å²) in [5.74, 6) is 0.208. The summed E-state index contributed by atoms with van der Waals surface area (Å²) in [5.41, 5.74) is 0. The lowest BCUT2D eigenvalue weighted by Gasteiger charge is -2.34. The maximum Gasteiger partial charge on any atom is 0.237 e. The molecule has 2 N–H and O–H groups in total. The molecular formula is C15H29N3O. The van der Waals surface area contributed by atoms with Gasteiger partial charge in [-0.05, 0) is 59.9 Å². The molecule has 110 valence electrons. The minimum Gasteiger partial charge on any atom is -0.352 e. The van der Waals surface area contributed by atoms with Gasteiger partial charge in [0.2, 0.25) is 5.91 Å². The molecule has 2 fully saturated rings. The largest absolute Gasteiger partial charge is 0.352 e. The maximum atomic E-state index is 12.4. The van der Waals surface area contributed by atoms with Gasteiger partial charge in [0.05, 0.1) is 6.04 Å². The van der Waals surface area contributed by atoms with Crippen molar-refractivity contribution < 1.29 is 4.79 Å². The summed E-state index contributed by atoms with van der Waals surface area (Å²) in [5, 5.41) is 6.67. The lowest BCUT2D eigenvalue weighted by molar-refractivity contribution is -0.127. The first kappa shape index (κ1) is 14.8. The minimum absolute atomic E-state index is 0.00214. The Morgan fingerprint density at radius 3 is 2.42 bits per heavy atom. The molecule has 0 spiro atoms. The fraction of sp³-hybridized carbons (Fsp3) is 0.933. The lowest BCUT2D eigenvalue weighted by Crippen LogP contribution is -2.53. The molecule has 0 radical (unpaired) electrons. The van der Waals surface area contributed by atoms with Gasteiger partial charge in [-0.3, -0.25) is 9.69 Å². The van der Waals surface area contributed by atoms with Crippen molar-refractivity contribution in [2.75, 3.05) is 6.54 Å². The van der Waals surface area contributed by atoms with Crippen LogP contribution < -0.4 is 10.6 Å². The quantitative estimate of drug-likeness (QED) is 0.814. The first-order valence-electron chi connectivity index (χ1n) is 7.80. The summed E-state index contributed by atoms with van der Waals surface area (Å²) >= 11 is 0. The van der Waals surface area contributed by atoms with Gasteiger partial charge in [0, 0.05) is 24.2 Å². The second-order valence-electron chi connectivity index (χ2n) is 6.48. The van der Waals surface area contributed by atoms with Gasteiger partial charge in [-0.25, -0.2) is 0 Å². The predicted molar refractivity (Wildman–Crippen MR) is 78.1 cm³/mol. The Morgan fingerprint density at radius 1 is 1.21 bits per heavy atom. The Labute approximate surface area is 117 Å². The highest BCUT2D eigenvalue weighted by Crippen LogP contribution is 2.26. The third-order valence-corrected chi connectivity index (χ3v) is 4.82. The van der Waals surface area contributed by atoms with Crippen molar-refractivity contribution in [2.24, 2.45) is 0 Å². The number of nitrogens with one attached hydrogen (secondary N) is 2. The summed E-state index contributed by atoms with van der Waals surface area (Å²) < 4.78 is 0. The van der Waals surface area contributed by atoms with E-state index >= 15 is 0 Å². The van der Waals surface area contributed by atoms with E-state index in [1.54, 1.807) is 0 Å². The van der Waals surface area contributed by atoms with Crippen LogP contribution in [0.1, 0.15) is 53.4 Å². The summed E-state index contributed by atoms with van der Waals surface area (Å²) in [6, 6.07) is 1.92. The number of carbonyl (C=O) groups is 1. The number of nitrogens with zero attached hydrogens (tertiary/aromatic N) is 1. The van der Waals surface area contributed by atoms with Crippen LogP contribution in [0.3, 0.4) is 0 Å². The van der Waals surface area contributed by atoms with Crippen molar-refractivity contribution in [3.05, 3.63) is 0 Å². The Bertz CT molecular complexity index is 311. The zero-order valence-electron chi connectivity index (χ0n) is 12.8. The van der Waals surface area contributed by atoms with E-state index in [1.807, 2.05) is 0 Å². The van der Waals surface area contributed by atoms with E-state index in [-0.39, 0.29) is 11.9 Å². The van der Waals surface area contributed by atoms with Gasteiger partial charge in [0.1, 0.15) is 0 Å². The molecule has 2 heterocycles. The van der Waals surface area contributed by atoms with E-state index in [0.29, 0.717) is 24.2 Å². The molecule has 0 bridgehead atoms. The second-order valence-corrected chi connectivity index (χ2v) is 6.48. The highest BCUT2D eigenvalue weighted by atomic mass is 16.2. The first-order valence-corrected chi connectivity index (χ1v) is 7.80. The summed E-state index contributed by atoms with van der Waals surface area (Å²) in [6.45, 7) is 9.72. The van der Waals surface area contributed by atoms with E-state index < -0.39 is 0 Å². The number of hydrogen-bond acceptors (Lipinski definition) is 3. The van der Waals surface area contributed by atoms with Crippen LogP contribution in [-0.4, -0.2) is 47.6 Å². The van der Waals surface area contributed by atoms with Crippen molar-refractivity contribution in [3.63, 3.8) is 0 Å². The molecule has 2 saturated heterocycles. The van der Waals surface area contributed by atoms with Gasteiger partial charge in [-0.15, -0.1) is 0 Å². The Kier molecular flexibility index (Phi) is 4.85. The van der Waals surface area contributed by atoms with Gasteiger partial charge >= 0.3 is 0 Å². The summed E-state index contributed by atoms with van der Waals surface area (Å²) in [6.07, 6.45) is 4.52. The zero-order chi connectivity index (χ0) is 14.0. The molecule has 1 amide bonds. The predicted octanol–water partition coefficient (Wildman–Crippen LogP) is 1.50. The minimum atomic E-state index is -0.00214. The monoisotopic (exact) mass is 267 g/mol. The number of carbonyl (C=O) groups excluding carboxylic acids is 1. The van der Waals surface area contributed by atoms with Crippen LogP contribution >= 0.6 is 0 Å². The first-order chi connectivity index (χ1) is 8.99. The number of amides is 1. The number of likely N-dealkylation sites (tertiary alicyclic amines) is 1. The SMILES string of the molecule is CC1CC(NC(=O)C(C)N2C(C)CCC2C)CCN1. The molecule has 2 aliphatic rings. The Hall–Kier alpha value is -0.610. The molecular weight excluding hydrogens is 238 g/mol. The number of rotatable bonds is 3. The lowest BCUT2D eigenvalue weighted by atomic mass is 10.00. The molecule has 0 aromatic carbocycles. The molecule has 0 aromatic rings. The van der Waals surface area contributed by atoms with Crippen LogP contribution in [0.25, 0.3) is 0 Å². The van der Waals surface area contributed by atoms with Gasteiger partial charge in [0.15, 0.2) is 0 Å². The van der Waals surface area contributed by atoms with E-state index in [2.05, 4.69) is 43.2 Å². The van der Waals surface area contributed by atoms with E-state index in [4.69, 9.17) is 0 Å². The molecule has 2 rings (SSSR count). The molecule has 5 atom stereocenters. The molecule has 5 unspecified atom stereocenters. The van der Waals surface area contributed by atoms with Gasteiger partial charge in [0.25, 0.3) is 0 Å². The van der Waals surface area contributed by atoms with Gasteiger partial charge < -0.3 is 10.6 Å².